The lowest BCUT2D eigenvalue weighted by Gasteiger charge is -2.17. The highest BCUT2D eigenvalue weighted by Gasteiger charge is 2.23. The van der Waals surface area contributed by atoms with Crippen LogP contribution in [0.3, 0.4) is 0 Å². The Bertz CT molecular complexity index is 1010. The lowest BCUT2D eigenvalue weighted by Crippen LogP contribution is -2.15. The van der Waals surface area contributed by atoms with E-state index in [1.165, 1.54) is 17.5 Å². The summed E-state index contributed by atoms with van der Waals surface area (Å²) in [6, 6.07) is 2.24. The average molecular weight is 476 g/mol. The van der Waals surface area contributed by atoms with E-state index in [4.69, 9.17) is 4.74 Å². The predicted octanol–water partition coefficient (Wildman–Crippen LogP) is 5.36. The molecule has 0 fully saturated rings. The van der Waals surface area contributed by atoms with Crippen LogP contribution in [0.1, 0.15) is 45.2 Å². The van der Waals surface area contributed by atoms with Crippen LogP contribution in [0.15, 0.2) is 47.6 Å². The lowest BCUT2D eigenvalue weighted by molar-refractivity contribution is 0.415. The Morgan fingerprint density at radius 3 is 2.52 bits per heavy atom. The molecular weight excluding hydrogens is 434 g/mol. The number of anilines is 2. The minimum atomic E-state index is -2.97. The Morgan fingerprint density at radius 1 is 1.36 bits per heavy atom. The first kappa shape index (κ1) is 28.4. The number of hydrogen-bond donors (Lipinski definition) is 2. The number of allylic oxidation sites excluding steroid dienone is 5. The highest BCUT2D eigenvalue weighted by atomic mass is 32.2. The number of ether oxygens (including phenoxy) is 1. The van der Waals surface area contributed by atoms with Crippen molar-refractivity contribution in [2.45, 2.75) is 40.5 Å². The van der Waals surface area contributed by atoms with Gasteiger partial charge in [0.2, 0.25) is 0 Å². The van der Waals surface area contributed by atoms with Crippen LogP contribution in [0.5, 0.6) is 5.75 Å². The number of nitrogens with zero attached hydrogens (tertiary/aromatic N) is 1. The fraction of sp³-hybridized carbons (Fsp3) is 0.462. The van der Waals surface area contributed by atoms with Crippen molar-refractivity contribution in [2.24, 2.45) is 5.92 Å². The molecule has 7 heteroatoms. The fourth-order valence-corrected chi connectivity index (χ4v) is 4.78. The zero-order chi connectivity index (χ0) is 25.2. The fourth-order valence-electron chi connectivity index (χ4n) is 3.66. The van der Waals surface area contributed by atoms with E-state index in [9.17, 15) is 8.42 Å². The van der Waals surface area contributed by atoms with Gasteiger partial charge < -0.3 is 20.3 Å². The van der Waals surface area contributed by atoms with E-state index in [1.54, 1.807) is 13.2 Å². The molecule has 2 N–H and O–H groups in total. The van der Waals surface area contributed by atoms with Crippen LogP contribution in [-0.4, -0.2) is 42.5 Å². The van der Waals surface area contributed by atoms with Crippen LogP contribution in [0, 0.1) is 5.92 Å². The third kappa shape index (κ3) is 7.16. The van der Waals surface area contributed by atoms with Gasteiger partial charge >= 0.3 is 0 Å². The van der Waals surface area contributed by atoms with Gasteiger partial charge in [-0.15, -0.1) is 0 Å². The zero-order valence-corrected chi connectivity index (χ0v) is 22.3. The van der Waals surface area contributed by atoms with Gasteiger partial charge in [-0.25, -0.2) is 8.42 Å². The molecule has 0 aromatic heterocycles. The Kier molecular flexibility index (Phi) is 11.3. The minimum Gasteiger partial charge on any atom is -0.494 e. The number of methoxy groups -OCH3 is 1. The molecule has 33 heavy (non-hydrogen) atoms. The van der Waals surface area contributed by atoms with Gasteiger partial charge in [0.15, 0.2) is 15.6 Å². The maximum Gasteiger partial charge on any atom is 0.172 e. The number of nitrogens with one attached hydrogen (secondary N) is 2. The molecule has 1 aliphatic carbocycles. The second-order valence-electron chi connectivity index (χ2n) is 7.61. The summed E-state index contributed by atoms with van der Waals surface area (Å²) in [7, 11) is 2.70. The van der Waals surface area contributed by atoms with Crippen LogP contribution in [0.2, 0.25) is 0 Å². The van der Waals surface area contributed by atoms with E-state index in [-0.39, 0.29) is 5.92 Å². The van der Waals surface area contributed by atoms with Crippen LogP contribution >= 0.6 is 0 Å². The van der Waals surface area contributed by atoms with E-state index in [0.29, 0.717) is 4.91 Å². The van der Waals surface area contributed by atoms with Crippen LogP contribution < -0.4 is 20.3 Å². The molecule has 0 saturated carbocycles. The van der Waals surface area contributed by atoms with Crippen LogP contribution in [0.25, 0.3) is 6.08 Å². The summed E-state index contributed by atoms with van der Waals surface area (Å²) in [4.78, 5) is 2.75. The van der Waals surface area contributed by atoms with Crippen molar-refractivity contribution in [2.75, 3.05) is 44.3 Å². The molecule has 2 aliphatic rings. The SMILES string of the molecule is C=C(/C=C/c1c(CC)cc2c(c1OC)NCN2C)NC.CC.CCC1C=CC=C1S(C)(=O)=O. The van der Waals surface area contributed by atoms with Crippen LogP contribution in [-0.2, 0) is 16.3 Å². The van der Waals surface area contributed by atoms with Gasteiger partial charge in [-0.3, -0.25) is 0 Å². The number of benzene rings is 1. The Balaban J connectivity index is 0.000000354. The van der Waals surface area contributed by atoms with Crippen molar-refractivity contribution < 1.29 is 13.2 Å². The topological polar surface area (TPSA) is 70.7 Å². The summed E-state index contributed by atoms with van der Waals surface area (Å²) in [5.41, 5.74) is 5.54. The standard InChI is InChI=1S/C16H23N3O.C8H12O2S.C2H6/c1-6-12-9-14-15(18-10-19(14)4)16(20-5)13(12)8-7-11(2)17-3;1-3-7-5-4-6-8(7)11(2,9)10;1-2/h7-9,17-18H,2,6,10H2,1,3-5H3;4-7H,3H2,1-2H3;1-2H3/b8-7+;;. The Hall–Kier alpha value is -2.67. The monoisotopic (exact) mass is 475 g/mol. The molecule has 1 atom stereocenters. The van der Waals surface area contributed by atoms with Gasteiger partial charge in [-0.1, -0.05) is 46.4 Å². The van der Waals surface area contributed by atoms with Gasteiger partial charge in [0, 0.05) is 37.5 Å². The number of fused-ring (bicyclic) bond motifs is 1. The summed E-state index contributed by atoms with van der Waals surface area (Å²) >= 11 is 0. The first-order valence-corrected chi connectivity index (χ1v) is 13.4. The molecule has 1 aromatic rings. The van der Waals surface area contributed by atoms with Crippen molar-refractivity contribution in [3.05, 3.63) is 58.7 Å². The van der Waals surface area contributed by atoms with Crippen molar-refractivity contribution >= 4 is 27.3 Å². The summed E-state index contributed by atoms with van der Waals surface area (Å²) in [6.07, 6.45) is 12.5. The third-order valence-electron chi connectivity index (χ3n) is 5.48. The highest BCUT2D eigenvalue weighted by molar-refractivity contribution is 7.94. The molecule has 0 spiro atoms. The van der Waals surface area contributed by atoms with Crippen LogP contribution in [0.4, 0.5) is 11.4 Å². The van der Waals surface area contributed by atoms with Crippen molar-refractivity contribution in [3.63, 3.8) is 0 Å². The van der Waals surface area contributed by atoms with Crippen molar-refractivity contribution in [1.82, 2.24) is 5.32 Å². The zero-order valence-electron chi connectivity index (χ0n) is 21.5. The number of sulfone groups is 1. The highest BCUT2D eigenvalue weighted by Crippen LogP contribution is 2.43. The summed E-state index contributed by atoms with van der Waals surface area (Å²) in [5.74, 6) is 1.02. The molecule has 184 valence electrons. The number of aryl methyl sites for hydroxylation is 1. The number of rotatable bonds is 7. The minimum absolute atomic E-state index is 0.116. The lowest BCUT2D eigenvalue weighted by atomic mass is 10.0. The molecule has 1 unspecified atom stereocenters. The maximum absolute atomic E-state index is 11.1. The summed E-state index contributed by atoms with van der Waals surface area (Å²) < 4.78 is 27.8. The van der Waals surface area contributed by atoms with Crippen molar-refractivity contribution in [1.29, 1.82) is 0 Å². The van der Waals surface area contributed by atoms with Gasteiger partial charge in [-0.2, -0.15) is 0 Å². The second-order valence-corrected chi connectivity index (χ2v) is 9.63. The largest absolute Gasteiger partial charge is 0.494 e. The molecule has 0 bridgehead atoms. The first-order valence-electron chi connectivity index (χ1n) is 11.5. The van der Waals surface area contributed by atoms with Gasteiger partial charge in [0.1, 0.15) is 5.69 Å². The van der Waals surface area contributed by atoms with E-state index < -0.39 is 9.84 Å². The van der Waals surface area contributed by atoms with E-state index in [2.05, 4.69) is 48.2 Å². The summed E-state index contributed by atoms with van der Waals surface area (Å²) in [5, 5.41) is 6.42. The quantitative estimate of drug-likeness (QED) is 0.517. The molecule has 1 aromatic carbocycles. The predicted molar refractivity (Wildman–Crippen MR) is 144 cm³/mol. The first-order chi connectivity index (χ1) is 15.7. The summed E-state index contributed by atoms with van der Waals surface area (Å²) in [6.45, 7) is 12.9. The third-order valence-corrected chi connectivity index (χ3v) is 6.78. The van der Waals surface area contributed by atoms with Gasteiger partial charge in [0.25, 0.3) is 0 Å². The van der Waals surface area contributed by atoms with E-state index in [1.807, 2.05) is 46.0 Å². The second kappa shape index (κ2) is 13.1. The van der Waals surface area contributed by atoms with Gasteiger partial charge in [-0.05, 0) is 42.7 Å². The molecule has 0 amide bonds. The molecular formula is C26H41N3O3S. The Labute approximate surface area is 201 Å². The smallest absolute Gasteiger partial charge is 0.172 e. The van der Waals surface area contributed by atoms with E-state index in [0.717, 1.165) is 42.2 Å². The molecule has 3 rings (SSSR count). The van der Waals surface area contributed by atoms with E-state index >= 15 is 0 Å². The maximum atomic E-state index is 11.1. The Morgan fingerprint density at radius 2 is 2.03 bits per heavy atom. The van der Waals surface area contributed by atoms with Crippen molar-refractivity contribution in [3.8, 4) is 5.75 Å². The molecule has 1 aliphatic heterocycles. The molecule has 0 radical (unpaired) electrons. The molecule has 1 heterocycles. The average Bonchev–Trinajstić information content (AvgIpc) is 3.45. The molecule has 6 nitrogen and oxygen atoms in total. The number of likely N-dealkylation sites (N-methyl/N-ethyl adjacent to an activating group) is 1. The normalized spacial score (nSPS) is 16.2. The molecule has 0 saturated heterocycles. The van der Waals surface area contributed by atoms with Gasteiger partial charge in [0.05, 0.1) is 24.4 Å². The number of hydrogen-bond acceptors (Lipinski definition) is 6.